The van der Waals surface area contributed by atoms with E-state index in [1.165, 1.54) is 18.3 Å². The zero-order chi connectivity index (χ0) is 15.3. The van der Waals surface area contributed by atoms with Crippen molar-refractivity contribution in [3.05, 3.63) is 18.3 Å². The van der Waals surface area contributed by atoms with Gasteiger partial charge in [0.05, 0.1) is 17.8 Å². The summed E-state index contributed by atoms with van der Waals surface area (Å²) in [6.45, 7) is 0.155. The maximum atomic E-state index is 12.0. The quantitative estimate of drug-likeness (QED) is 0.892. The molecule has 5 nitrogen and oxygen atoms in total. The molecule has 0 spiro atoms. The lowest BCUT2D eigenvalue weighted by molar-refractivity contribution is -0.154. The minimum absolute atomic E-state index is 0.0973. The van der Waals surface area contributed by atoms with Crippen LogP contribution in [0.1, 0.15) is 12.8 Å². The van der Waals surface area contributed by atoms with Gasteiger partial charge in [-0.25, -0.2) is 4.98 Å². The van der Waals surface area contributed by atoms with Crippen molar-refractivity contribution in [1.29, 1.82) is 0 Å². The highest BCUT2D eigenvalue weighted by Gasteiger charge is 2.28. The van der Waals surface area contributed by atoms with Crippen LogP contribution in [-0.2, 0) is 4.79 Å². The van der Waals surface area contributed by atoms with Crippen molar-refractivity contribution < 1.29 is 22.7 Å². The van der Waals surface area contributed by atoms with Crippen LogP contribution in [0.15, 0.2) is 18.3 Å². The van der Waals surface area contributed by atoms with Gasteiger partial charge >= 0.3 is 6.18 Å². The maximum Gasteiger partial charge on any atom is 0.422 e. The topological polar surface area (TPSA) is 63.2 Å². The van der Waals surface area contributed by atoms with Gasteiger partial charge in [-0.1, -0.05) is 0 Å². The molecule has 1 atom stereocenters. The number of piperidine rings is 1. The third-order valence-corrected chi connectivity index (χ3v) is 3.06. The molecule has 0 aliphatic carbocycles. The second kappa shape index (κ2) is 6.75. The zero-order valence-electron chi connectivity index (χ0n) is 11.2. The SMILES string of the molecule is O=C(Nc1ccc(OCC(F)(F)F)nc1)[C@@H]1CCCNC1. The Morgan fingerprint density at radius 2 is 2.29 bits per heavy atom. The van der Waals surface area contributed by atoms with Crippen LogP contribution in [0.5, 0.6) is 5.88 Å². The van der Waals surface area contributed by atoms with Crippen LogP contribution in [-0.4, -0.2) is 36.8 Å². The first-order chi connectivity index (χ1) is 9.94. The van der Waals surface area contributed by atoms with E-state index in [0.717, 1.165) is 19.4 Å². The monoisotopic (exact) mass is 303 g/mol. The second-order valence-electron chi connectivity index (χ2n) is 4.82. The molecule has 1 fully saturated rings. The molecule has 116 valence electrons. The summed E-state index contributed by atoms with van der Waals surface area (Å²) in [6.07, 6.45) is -1.36. The number of pyridine rings is 1. The van der Waals surface area contributed by atoms with Crippen molar-refractivity contribution in [2.75, 3.05) is 25.0 Å². The Kier molecular flexibility index (Phi) is 5.00. The van der Waals surface area contributed by atoms with Gasteiger partial charge in [0.25, 0.3) is 0 Å². The first-order valence-corrected chi connectivity index (χ1v) is 6.61. The summed E-state index contributed by atoms with van der Waals surface area (Å²) in [7, 11) is 0. The lowest BCUT2D eigenvalue weighted by atomic mass is 9.99. The van der Waals surface area contributed by atoms with Crippen molar-refractivity contribution in [3.8, 4) is 5.88 Å². The van der Waals surface area contributed by atoms with E-state index < -0.39 is 12.8 Å². The van der Waals surface area contributed by atoms with E-state index in [1.807, 2.05) is 0 Å². The van der Waals surface area contributed by atoms with Crippen LogP contribution in [0.4, 0.5) is 18.9 Å². The second-order valence-corrected chi connectivity index (χ2v) is 4.82. The summed E-state index contributed by atoms with van der Waals surface area (Å²) in [5.41, 5.74) is 0.435. The highest BCUT2D eigenvalue weighted by molar-refractivity contribution is 5.92. The molecule has 1 amide bonds. The van der Waals surface area contributed by atoms with Gasteiger partial charge in [-0.15, -0.1) is 0 Å². The molecule has 2 heterocycles. The molecule has 1 aromatic rings. The van der Waals surface area contributed by atoms with E-state index in [-0.39, 0.29) is 17.7 Å². The van der Waals surface area contributed by atoms with Crippen molar-refractivity contribution >= 4 is 11.6 Å². The number of amides is 1. The van der Waals surface area contributed by atoms with Crippen molar-refractivity contribution in [3.63, 3.8) is 0 Å². The zero-order valence-corrected chi connectivity index (χ0v) is 11.2. The van der Waals surface area contributed by atoms with Crippen LogP contribution in [0, 0.1) is 5.92 Å². The van der Waals surface area contributed by atoms with E-state index in [1.54, 1.807) is 0 Å². The van der Waals surface area contributed by atoms with Gasteiger partial charge in [-0.2, -0.15) is 13.2 Å². The summed E-state index contributed by atoms with van der Waals surface area (Å²) < 4.78 is 40.4. The summed E-state index contributed by atoms with van der Waals surface area (Å²) in [5.74, 6) is -0.350. The highest BCUT2D eigenvalue weighted by atomic mass is 19.4. The van der Waals surface area contributed by atoms with Gasteiger partial charge < -0.3 is 15.4 Å². The van der Waals surface area contributed by atoms with E-state index in [0.29, 0.717) is 12.2 Å². The van der Waals surface area contributed by atoms with Crippen molar-refractivity contribution in [1.82, 2.24) is 10.3 Å². The summed E-state index contributed by atoms with van der Waals surface area (Å²) in [6, 6.07) is 2.76. The van der Waals surface area contributed by atoms with E-state index >= 15 is 0 Å². The molecule has 8 heteroatoms. The molecule has 1 saturated heterocycles. The van der Waals surface area contributed by atoms with Crippen molar-refractivity contribution in [2.24, 2.45) is 5.92 Å². The van der Waals surface area contributed by atoms with Gasteiger partial charge in [-0.05, 0) is 25.5 Å². The number of alkyl halides is 3. The number of rotatable bonds is 4. The fraction of sp³-hybridized carbons (Fsp3) is 0.538. The van der Waals surface area contributed by atoms with Gasteiger partial charge in [0.2, 0.25) is 11.8 Å². The van der Waals surface area contributed by atoms with Crippen LogP contribution >= 0.6 is 0 Å². The number of nitrogens with zero attached hydrogens (tertiary/aromatic N) is 1. The molecule has 0 saturated carbocycles. The third-order valence-electron chi connectivity index (χ3n) is 3.06. The minimum Gasteiger partial charge on any atom is -0.468 e. The van der Waals surface area contributed by atoms with Crippen LogP contribution < -0.4 is 15.4 Å². The number of hydrogen-bond donors (Lipinski definition) is 2. The summed E-state index contributed by atoms with van der Waals surface area (Å²) in [5, 5.41) is 5.83. The van der Waals surface area contributed by atoms with Gasteiger partial charge in [0.1, 0.15) is 0 Å². The maximum absolute atomic E-state index is 12.0. The normalized spacial score (nSPS) is 19.1. The molecule has 21 heavy (non-hydrogen) atoms. The molecular formula is C13H16F3N3O2. The molecule has 1 aliphatic rings. The average Bonchev–Trinajstić information content (AvgIpc) is 2.46. The van der Waals surface area contributed by atoms with Crippen LogP contribution in [0.25, 0.3) is 0 Å². The summed E-state index contributed by atoms with van der Waals surface area (Å²) in [4.78, 5) is 15.7. The molecule has 0 unspecified atom stereocenters. The minimum atomic E-state index is -4.40. The Hall–Kier alpha value is -1.83. The first-order valence-electron chi connectivity index (χ1n) is 6.61. The summed E-state index contributed by atoms with van der Waals surface area (Å²) >= 11 is 0. The molecule has 2 rings (SSSR count). The first kappa shape index (κ1) is 15.6. The number of carbonyl (C=O) groups excluding carboxylic acids is 1. The van der Waals surface area contributed by atoms with Crippen LogP contribution in [0.2, 0.25) is 0 Å². The molecule has 1 aliphatic heterocycles. The Balaban J connectivity index is 1.85. The Morgan fingerprint density at radius 3 is 2.86 bits per heavy atom. The average molecular weight is 303 g/mol. The largest absolute Gasteiger partial charge is 0.468 e. The Labute approximate surface area is 119 Å². The van der Waals surface area contributed by atoms with Gasteiger partial charge in [0, 0.05) is 12.6 Å². The molecule has 0 aromatic carbocycles. The molecule has 0 radical (unpaired) electrons. The van der Waals surface area contributed by atoms with Crippen molar-refractivity contribution in [2.45, 2.75) is 19.0 Å². The number of hydrogen-bond acceptors (Lipinski definition) is 4. The fourth-order valence-electron chi connectivity index (χ4n) is 2.02. The third kappa shape index (κ3) is 5.22. The van der Waals surface area contributed by atoms with E-state index in [2.05, 4.69) is 20.4 Å². The van der Waals surface area contributed by atoms with Gasteiger partial charge in [0.15, 0.2) is 6.61 Å². The number of anilines is 1. The van der Waals surface area contributed by atoms with Crippen LogP contribution in [0.3, 0.4) is 0 Å². The fourth-order valence-corrected chi connectivity index (χ4v) is 2.02. The molecule has 2 N–H and O–H groups in total. The predicted molar refractivity (Wildman–Crippen MR) is 70.0 cm³/mol. The number of carbonyl (C=O) groups is 1. The molecular weight excluding hydrogens is 287 g/mol. The molecule has 0 bridgehead atoms. The highest BCUT2D eigenvalue weighted by Crippen LogP contribution is 2.19. The van der Waals surface area contributed by atoms with E-state index in [4.69, 9.17) is 0 Å². The lowest BCUT2D eigenvalue weighted by Crippen LogP contribution is -2.37. The lowest BCUT2D eigenvalue weighted by Gasteiger charge is -2.21. The number of nitrogens with one attached hydrogen (secondary N) is 2. The Morgan fingerprint density at radius 1 is 1.48 bits per heavy atom. The Bertz CT molecular complexity index is 471. The van der Waals surface area contributed by atoms with Gasteiger partial charge in [-0.3, -0.25) is 4.79 Å². The molecule has 1 aromatic heterocycles. The number of halogens is 3. The number of ether oxygens (including phenoxy) is 1. The smallest absolute Gasteiger partial charge is 0.422 e. The van der Waals surface area contributed by atoms with E-state index in [9.17, 15) is 18.0 Å². The standard InChI is InChI=1S/C13H16F3N3O2/c14-13(15,16)8-21-11-4-3-10(7-18-11)19-12(20)9-2-1-5-17-6-9/h3-4,7,9,17H,1-2,5-6,8H2,(H,19,20)/t9-/m1/s1. The predicted octanol–water partition coefficient (Wildman–Crippen LogP) is 1.96. The number of aromatic nitrogens is 1.